The van der Waals surface area contributed by atoms with Gasteiger partial charge in [0.1, 0.15) is 12.4 Å². The Kier molecular flexibility index (Phi) is 5.28. The highest BCUT2D eigenvalue weighted by atomic mass is 16.6. The van der Waals surface area contributed by atoms with Crippen molar-refractivity contribution < 1.29 is 19.0 Å². The largest absolute Gasteiger partial charge is 0.497 e. The topological polar surface area (TPSA) is 60.0 Å². The van der Waals surface area contributed by atoms with Crippen LogP contribution >= 0.6 is 0 Å². The van der Waals surface area contributed by atoms with Gasteiger partial charge in [-0.05, 0) is 29.8 Å². The molecule has 1 heterocycles. The average molecular weight is 342 g/mol. The van der Waals surface area contributed by atoms with Gasteiger partial charge in [0, 0.05) is 13.6 Å². The SMILES string of the molecule is COc1ccc(CN(C)C(=O)NC[C@H]2COc3ccccc3O2)cc1. The van der Waals surface area contributed by atoms with Crippen molar-refractivity contribution in [3.05, 3.63) is 54.1 Å². The van der Waals surface area contributed by atoms with Gasteiger partial charge in [0.15, 0.2) is 17.6 Å². The molecule has 132 valence electrons. The molecule has 1 atom stereocenters. The summed E-state index contributed by atoms with van der Waals surface area (Å²) in [5, 5.41) is 2.88. The number of ether oxygens (including phenoxy) is 3. The number of hydrogen-bond donors (Lipinski definition) is 1. The van der Waals surface area contributed by atoms with Crippen LogP contribution in [0.1, 0.15) is 5.56 Å². The molecule has 2 aromatic rings. The minimum absolute atomic E-state index is 0.154. The normalized spacial score (nSPS) is 15.4. The van der Waals surface area contributed by atoms with Gasteiger partial charge in [-0.25, -0.2) is 4.79 Å². The average Bonchev–Trinajstić information content (AvgIpc) is 2.66. The van der Waals surface area contributed by atoms with Crippen LogP contribution in [0.5, 0.6) is 17.2 Å². The second-order valence-corrected chi connectivity index (χ2v) is 5.89. The summed E-state index contributed by atoms with van der Waals surface area (Å²) in [6, 6.07) is 15.0. The predicted molar refractivity (Wildman–Crippen MR) is 94.2 cm³/mol. The molecule has 2 aromatic carbocycles. The fourth-order valence-electron chi connectivity index (χ4n) is 2.58. The van der Waals surface area contributed by atoms with Gasteiger partial charge in [0.05, 0.1) is 13.7 Å². The number of amides is 2. The summed E-state index contributed by atoms with van der Waals surface area (Å²) >= 11 is 0. The minimum Gasteiger partial charge on any atom is -0.497 e. The van der Waals surface area contributed by atoms with E-state index in [0.29, 0.717) is 25.4 Å². The molecule has 0 unspecified atom stereocenters. The quantitative estimate of drug-likeness (QED) is 0.908. The van der Waals surface area contributed by atoms with Crippen molar-refractivity contribution in [2.75, 3.05) is 27.3 Å². The molecule has 0 spiro atoms. The van der Waals surface area contributed by atoms with Gasteiger partial charge in [-0.3, -0.25) is 0 Å². The van der Waals surface area contributed by atoms with Crippen LogP contribution in [0.3, 0.4) is 0 Å². The minimum atomic E-state index is -0.201. The summed E-state index contributed by atoms with van der Waals surface area (Å²) in [6.07, 6.45) is -0.201. The maximum Gasteiger partial charge on any atom is 0.317 e. The molecule has 0 saturated heterocycles. The fraction of sp³-hybridized carbons (Fsp3) is 0.316. The number of fused-ring (bicyclic) bond motifs is 1. The molecule has 2 amide bonds. The van der Waals surface area contributed by atoms with Gasteiger partial charge in [0.2, 0.25) is 0 Å². The molecular formula is C19H22N2O4. The van der Waals surface area contributed by atoms with E-state index in [-0.39, 0.29) is 12.1 Å². The summed E-state index contributed by atoms with van der Waals surface area (Å²) in [6.45, 7) is 1.32. The third-order valence-corrected chi connectivity index (χ3v) is 3.97. The van der Waals surface area contributed by atoms with E-state index < -0.39 is 0 Å². The first-order valence-electron chi connectivity index (χ1n) is 8.16. The first kappa shape index (κ1) is 17.0. The molecule has 25 heavy (non-hydrogen) atoms. The molecule has 0 aliphatic carbocycles. The van der Waals surface area contributed by atoms with E-state index in [9.17, 15) is 4.79 Å². The number of urea groups is 1. The summed E-state index contributed by atoms with van der Waals surface area (Å²) in [5.41, 5.74) is 1.03. The van der Waals surface area contributed by atoms with Crippen LogP contribution in [-0.2, 0) is 6.54 Å². The Balaban J connectivity index is 1.47. The molecule has 0 radical (unpaired) electrons. The lowest BCUT2D eigenvalue weighted by atomic mass is 10.2. The molecular weight excluding hydrogens is 320 g/mol. The number of methoxy groups -OCH3 is 1. The number of hydrogen-bond acceptors (Lipinski definition) is 4. The van der Waals surface area contributed by atoms with E-state index in [0.717, 1.165) is 17.1 Å². The van der Waals surface area contributed by atoms with Crippen molar-refractivity contribution in [1.29, 1.82) is 0 Å². The van der Waals surface area contributed by atoms with Gasteiger partial charge in [-0.1, -0.05) is 24.3 Å². The van der Waals surface area contributed by atoms with Crippen LogP contribution in [0.4, 0.5) is 4.79 Å². The number of nitrogens with one attached hydrogen (secondary N) is 1. The molecule has 6 heteroatoms. The Morgan fingerprint density at radius 3 is 2.64 bits per heavy atom. The van der Waals surface area contributed by atoms with Crippen LogP contribution in [0.2, 0.25) is 0 Å². The van der Waals surface area contributed by atoms with E-state index in [2.05, 4.69) is 5.32 Å². The zero-order chi connectivity index (χ0) is 17.6. The van der Waals surface area contributed by atoms with Crippen LogP contribution in [0.15, 0.2) is 48.5 Å². The lowest BCUT2D eigenvalue weighted by Crippen LogP contribution is -2.44. The van der Waals surface area contributed by atoms with Crippen LogP contribution in [-0.4, -0.2) is 44.3 Å². The zero-order valence-corrected chi connectivity index (χ0v) is 14.4. The Hall–Kier alpha value is -2.89. The van der Waals surface area contributed by atoms with Gasteiger partial charge in [-0.15, -0.1) is 0 Å². The van der Waals surface area contributed by atoms with Crippen molar-refractivity contribution in [2.24, 2.45) is 0 Å². The van der Waals surface area contributed by atoms with E-state index in [4.69, 9.17) is 14.2 Å². The van der Waals surface area contributed by atoms with E-state index in [1.165, 1.54) is 0 Å². The van der Waals surface area contributed by atoms with Crippen molar-refractivity contribution >= 4 is 6.03 Å². The highest BCUT2D eigenvalue weighted by Crippen LogP contribution is 2.30. The lowest BCUT2D eigenvalue weighted by molar-refractivity contribution is 0.0904. The van der Waals surface area contributed by atoms with Crippen molar-refractivity contribution in [2.45, 2.75) is 12.6 Å². The summed E-state index contributed by atoms with van der Waals surface area (Å²) < 4.78 is 16.6. The Morgan fingerprint density at radius 2 is 1.92 bits per heavy atom. The van der Waals surface area contributed by atoms with Crippen molar-refractivity contribution in [1.82, 2.24) is 10.2 Å². The molecule has 1 aliphatic rings. The molecule has 0 aromatic heterocycles. The smallest absolute Gasteiger partial charge is 0.317 e. The van der Waals surface area contributed by atoms with Crippen molar-refractivity contribution in [3.63, 3.8) is 0 Å². The number of nitrogens with zero attached hydrogens (tertiary/aromatic N) is 1. The first-order valence-corrected chi connectivity index (χ1v) is 8.16. The van der Waals surface area contributed by atoms with E-state index >= 15 is 0 Å². The second kappa shape index (κ2) is 7.79. The van der Waals surface area contributed by atoms with Crippen LogP contribution in [0.25, 0.3) is 0 Å². The van der Waals surface area contributed by atoms with Gasteiger partial charge < -0.3 is 24.4 Å². The highest BCUT2D eigenvalue weighted by molar-refractivity contribution is 5.73. The second-order valence-electron chi connectivity index (χ2n) is 5.89. The van der Waals surface area contributed by atoms with Crippen LogP contribution in [0, 0.1) is 0 Å². The molecule has 0 bridgehead atoms. The van der Waals surface area contributed by atoms with Crippen molar-refractivity contribution in [3.8, 4) is 17.2 Å². The maximum absolute atomic E-state index is 12.3. The maximum atomic E-state index is 12.3. The zero-order valence-electron chi connectivity index (χ0n) is 14.4. The number of carbonyl (C=O) groups excluding carboxylic acids is 1. The monoisotopic (exact) mass is 342 g/mol. The fourth-order valence-corrected chi connectivity index (χ4v) is 2.58. The Bertz CT molecular complexity index is 718. The van der Waals surface area contributed by atoms with Crippen LogP contribution < -0.4 is 19.5 Å². The first-order chi connectivity index (χ1) is 12.2. The molecule has 1 N–H and O–H groups in total. The molecule has 0 saturated carbocycles. The standard InChI is InChI=1S/C19H22N2O4/c1-21(12-14-7-9-15(23-2)10-8-14)19(22)20-11-16-13-24-17-5-3-4-6-18(17)25-16/h3-10,16H,11-13H2,1-2H3,(H,20,22)/t16-/m0/s1. The number of rotatable bonds is 5. The van der Waals surface area contributed by atoms with Gasteiger partial charge >= 0.3 is 6.03 Å². The summed E-state index contributed by atoms with van der Waals surface area (Å²) in [7, 11) is 3.39. The van der Waals surface area contributed by atoms with Gasteiger partial charge in [-0.2, -0.15) is 0 Å². The summed E-state index contributed by atoms with van der Waals surface area (Å²) in [4.78, 5) is 13.9. The molecule has 6 nitrogen and oxygen atoms in total. The molecule has 0 fully saturated rings. The Labute approximate surface area is 147 Å². The number of para-hydroxylation sites is 2. The highest BCUT2D eigenvalue weighted by Gasteiger charge is 2.21. The van der Waals surface area contributed by atoms with Gasteiger partial charge in [0.25, 0.3) is 0 Å². The number of carbonyl (C=O) groups is 1. The third-order valence-electron chi connectivity index (χ3n) is 3.97. The van der Waals surface area contributed by atoms with E-state index in [1.807, 2.05) is 48.5 Å². The predicted octanol–water partition coefficient (Wildman–Crippen LogP) is 2.68. The van der Waals surface area contributed by atoms with E-state index in [1.54, 1.807) is 19.1 Å². The molecule has 3 rings (SSSR count). The molecule has 1 aliphatic heterocycles. The number of benzene rings is 2. The Morgan fingerprint density at radius 1 is 1.20 bits per heavy atom. The lowest BCUT2D eigenvalue weighted by Gasteiger charge is -2.27. The summed E-state index contributed by atoms with van der Waals surface area (Å²) in [5.74, 6) is 2.24. The third kappa shape index (κ3) is 4.35.